The van der Waals surface area contributed by atoms with Crippen molar-refractivity contribution >= 4 is 5.91 Å². The molecule has 2 rings (SSSR count). The SMILES string of the molecule is CC(C)(CC(N)=O)NCc1cnn(-c2ccccc2)c1. The van der Waals surface area contributed by atoms with E-state index >= 15 is 0 Å². The van der Waals surface area contributed by atoms with Gasteiger partial charge in [-0.1, -0.05) is 18.2 Å². The van der Waals surface area contributed by atoms with Gasteiger partial charge in [0.2, 0.25) is 5.91 Å². The third kappa shape index (κ3) is 3.93. The third-order valence-electron chi connectivity index (χ3n) is 3.04. The summed E-state index contributed by atoms with van der Waals surface area (Å²) < 4.78 is 1.83. The summed E-state index contributed by atoms with van der Waals surface area (Å²) in [5.74, 6) is -0.303. The molecule has 5 nitrogen and oxygen atoms in total. The summed E-state index contributed by atoms with van der Waals surface area (Å²) in [4.78, 5) is 11.0. The zero-order valence-electron chi connectivity index (χ0n) is 11.8. The number of nitrogens with zero attached hydrogens (tertiary/aromatic N) is 2. The van der Waals surface area contributed by atoms with E-state index in [4.69, 9.17) is 5.73 Å². The van der Waals surface area contributed by atoms with E-state index in [0.29, 0.717) is 13.0 Å². The van der Waals surface area contributed by atoms with Gasteiger partial charge in [-0.15, -0.1) is 0 Å². The molecule has 5 heteroatoms. The maximum Gasteiger partial charge on any atom is 0.219 e. The molecule has 20 heavy (non-hydrogen) atoms. The first-order chi connectivity index (χ1) is 9.46. The number of rotatable bonds is 6. The second-order valence-electron chi connectivity index (χ2n) is 5.51. The second kappa shape index (κ2) is 5.88. The van der Waals surface area contributed by atoms with E-state index in [1.807, 2.05) is 61.3 Å². The number of hydrogen-bond donors (Lipinski definition) is 2. The van der Waals surface area contributed by atoms with Gasteiger partial charge in [0.1, 0.15) is 0 Å². The van der Waals surface area contributed by atoms with Crippen LogP contribution in [0.5, 0.6) is 0 Å². The fourth-order valence-electron chi connectivity index (χ4n) is 2.01. The molecule has 2 aromatic rings. The lowest BCUT2D eigenvalue weighted by atomic mass is 10.0. The number of nitrogens with one attached hydrogen (secondary N) is 1. The van der Waals surface area contributed by atoms with Crippen LogP contribution in [0.3, 0.4) is 0 Å². The Morgan fingerprint density at radius 2 is 2.05 bits per heavy atom. The number of amides is 1. The molecule has 0 fully saturated rings. The van der Waals surface area contributed by atoms with Gasteiger partial charge in [0, 0.05) is 30.3 Å². The maximum atomic E-state index is 11.0. The lowest BCUT2D eigenvalue weighted by Gasteiger charge is -2.24. The van der Waals surface area contributed by atoms with Crippen molar-refractivity contribution in [2.24, 2.45) is 5.73 Å². The number of benzene rings is 1. The van der Waals surface area contributed by atoms with Crippen molar-refractivity contribution in [3.8, 4) is 5.69 Å². The Labute approximate surface area is 118 Å². The Bertz CT molecular complexity index is 575. The maximum absolute atomic E-state index is 11.0. The van der Waals surface area contributed by atoms with Gasteiger partial charge in [-0.3, -0.25) is 4.79 Å². The summed E-state index contributed by atoms with van der Waals surface area (Å²) in [5, 5.41) is 7.65. The molecule has 1 aromatic heterocycles. The summed E-state index contributed by atoms with van der Waals surface area (Å²) in [6, 6.07) is 9.93. The third-order valence-corrected chi connectivity index (χ3v) is 3.04. The van der Waals surface area contributed by atoms with Gasteiger partial charge in [-0.05, 0) is 26.0 Å². The highest BCUT2D eigenvalue weighted by Gasteiger charge is 2.19. The number of para-hydroxylation sites is 1. The minimum absolute atomic E-state index is 0.303. The Kier molecular flexibility index (Phi) is 4.20. The van der Waals surface area contributed by atoms with Crippen molar-refractivity contribution < 1.29 is 4.79 Å². The average molecular weight is 272 g/mol. The van der Waals surface area contributed by atoms with Crippen molar-refractivity contribution in [2.75, 3.05) is 0 Å². The molecule has 0 aliphatic rings. The van der Waals surface area contributed by atoms with E-state index in [-0.39, 0.29) is 11.4 Å². The highest BCUT2D eigenvalue weighted by molar-refractivity contribution is 5.74. The molecule has 0 saturated carbocycles. The number of carbonyl (C=O) groups excluding carboxylic acids is 1. The molecular weight excluding hydrogens is 252 g/mol. The van der Waals surface area contributed by atoms with Crippen molar-refractivity contribution in [1.29, 1.82) is 0 Å². The molecular formula is C15H20N4O. The minimum Gasteiger partial charge on any atom is -0.370 e. The zero-order chi connectivity index (χ0) is 14.6. The predicted octanol–water partition coefficient (Wildman–Crippen LogP) is 1.62. The van der Waals surface area contributed by atoms with Crippen molar-refractivity contribution in [3.63, 3.8) is 0 Å². The number of nitrogens with two attached hydrogens (primary N) is 1. The summed E-state index contributed by atoms with van der Waals surface area (Å²) in [6.45, 7) is 4.56. The predicted molar refractivity (Wildman–Crippen MR) is 78.3 cm³/mol. The smallest absolute Gasteiger partial charge is 0.219 e. The van der Waals surface area contributed by atoms with Crippen LogP contribution in [0, 0.1) is 0 Å². The molecule has 0 aliphatic heterocycles. The van der Waals surface area contributed by atoms with Crippen LogP contribution in [0.15, 0.2) is 42.7 Å². The minimum atomic E-state index is -0.319. The van der Waals surface area contributed by atoms with Crippen LogP contribution >= 0.6 is 0 Å². The Morgan fingerprint density at radius 1 is 1.35 bits per heavy atom. The fourth-order valence-corrected chi connectivity index (χ4v) is 2.01. The number of primary amides is 1. The van der Waals surface area contributed by atoms with E-state index in [2.05, 4.69) is 10.4 Å². The largest absolute Gasteiger partial charge is 0.370 e. The normalized spacial score (nSPS) is 11.5. The standard InChI is InChI=1S/C15H20N4O/c1-15(2,8-14(16)20)17-9-12-10-18-19(11-12)13-6-4-3-5-7-13/h3-7,10-11,17H,8-9H2,1-2H3,(H2,16,20). The molecule has 1 heterocycles. The van der Waals surface area contributed by atoms with Crippen molar-refractivity contribution in [3.05, 3.63) is 48.3 Å². The molecule has 0 atom stereocenters. The molecule has 0 spiro atoms. The van der Waals surface area contributed by atoms with Gasteiger partial charge >= 0.3 is 0 Å². The fraction of sp³-hybridized carbons (Fsp3) is 0.333. The molecule has 0 radical (unpaired) electrons. The van der Waals surface area contributed by atoms with E-state index in [0.717, 1.165) is 11.3 Å². The molecule has 0 unspecified atom stereocenters. The first kappa shape index (κ1) is 14.3. The van der Waals surface area contributed by atoms with Crippen molar-refractivity contribution in [1.82, 2.24) is 15.1 Å². The Morgan fingerprint density at radius 3 is 2.70 bits per heavy atom. The number of hydrogen-bond acceptors (Lipinski definition) is 3. The Balaban J connectivity index is 1.99. The van der Waals surface area contributed by atoms with E-state index < -0.39 is 0 Å². The van der Waals surface area contributed by atoms with Crippen LogP contribution in [0.1, 0.15) is 25.8 Å². The number of aromatic nitrogens is 2. The summed E-state index contributed by atoms with van der Waals surface area (Å²) >= 11 is 0. The molecule has 3 N–H and O–H groups in total. The quantitative estimate of drug-likeness (QED) is 0.839. The lowest BCUT2D eigenvalue weighted by molar-refractivity contribution is -0.119. The lowest BCUT2D eigenvalue weighted by Crippen LogP contribution is -2.42. The van der Waals surface area contributed by atoms with Crippen LogP contribution in [-0.4, -0.2) is 21.2 Å². The average Bonchev–Trinajstić information content (AvgIpc) is 2.85. The van der Waals surface area contributed by atoms with Gasteiger partial charge in [-0.25, -0.2) is 4.68 Å². The van der Waals surface area contributed by atoms with Crippen LogP contribution < -0.4 is 11.1 Å². The molecule has 106 valence electrons. The molecule has 1 aromatic carbocycles. The van der Waals surface area contributed by atoms with Crippen LogP contribution in [0.2, 0.25) is 0 Å². The van der Waals surface area contributed by atoms with E-state index in [1.54, 1.807) is 0 Å². The van der Waals surface area contributed by atoms with Gasteiger partial charge in [0.15, 0.2) is 0 Å². The number of carbonyl (C=O) groups is 1. The summed E-state index contributed by atoms with van der Waals surface area (Å²) in [5.41, 5.74) is 7.00. The van der Waals surface area contributed by atoms with Crippen LogP contribution in [0.4, 0.5) is 0 Å². The molecule has 0 saturated heterocycles. The molecule has 0 bridgehead atoms. The van der Waals surface area contributed by atoms with Gasteiger partial charge in [0.25, 0.3) is 0 Å². The highest BCUT2D eigenvalue weighted by Crippen LogP contribution is 2.11. The van der Waals surface area contributed by atoms with Gasteiger partial charge in [0.05, 0.1) is 11.9 Å². The van der Waals surface area contributed by atoms with E-state index in [9.17, 15) is 4.79 Å². The van der Waals surface area contributed by atoms with Crippen LogP contribution in [-0.2, 0) is 11.3 Å². The van der Waals surface area contributed by atoms with E-state index in [1.165, 1.54) is 0 Å². The first-order valence-electron chi connectivity index (χ1n) is 6.59. The van der Waals surface area contributed by atoms with Gasteiger partial charge in [-0.2, -0.15) is 5.10 Å². The Hall–Kier alpha value is -2.14. The zero-order valence-corrected chi connectivity index (χ0v) is 11.8. The van der Waals surface area contributed by atoms with Gasteiger partial charge < -0.3 is 11.1 Å². The highest BCUT2D eigenvalue weighted by atomic mass is 16.1. The van der Waals surface area contributed by atoms with Crippen LogP contribution in [0.25, 0.3) is 5.69 Å². The van der Waals surface area contributed by atoms with Crippen molar-refractivity contribution in [2.45, 2.75) is 32.4 Å². The monoisotopic (exact) mass is 272 g/mol. The summed E-state index contributed by atoms with van der Waals surface area (Å²) in [7, 11) is 0. The molecule has 0 aliphatic carbocycles. The first-order valence-corrected chi connectivity index (χ1v) is 6.59. The summed E-state index contributed by atoms with van der Waals surface area (Å²) in [6.07, 6.45) is 4.10. The second-order valence-corrected chi connectivity index (χ2v) is 5.51. The molecule has 1 amide bonds. The topological polar surface area (TPSA) is 72.9 Å².